The van der Waals surface area contributed by atoms with Crippen LogP contribution in [-0.4, -0.2) is 26.9 Å². The molecule has 7 nitrogen and oxygen atoms in total. The molecule has 2 amide bonds. The maximum Gasteiger partial charge on any atom is 0.573 e. The Morgan fingerprint density at radius 1 is 1.15 bits per heavy atom. The molecule has 0 radical (unpaired) electrons. The number of ether oxygens (including phenoxy) is 1. The third-order valence-electron chi connectivity index (χ3n) is 3.39. The first-order chi connectivity index (χ1) is 12.8. The molecule has 3 rings (SSSR count). The number of pyridine rings is 1. The number of hydrogen-bond acceptors (Lipinski definition) is 4. The molecule has 2 heterocycles. The van der Waals surface area contributed by atoms with Gasteiger partial charge in [0.25, 0.3) is 0 Å². The van der Waals surface area contributed by atoms with E-state index in [1.165, 1.54) is 36.7 Å². The standard InChI is InChI=1S/C17H14F3N5O2/c1-25-9-14(22-10-25)11-2-3-15(27-17(18,19)20)13(8-11)24-16(26)23-12-4-6-21-7-5-12/h2-10H,1H3,(H2,21,23,24,26). The molecule has 0 unspecified atom stereocenters. The van der Waals surface area contributed by atoms with Crippen molar-refractivity contribution in [3.8, 4) is 17.0 Å². The van der Waals surface area contributed by atoms with Crippen LogP contribution in [0.2, 0.25) is 0 Å². The molecule has 10 heteroatoms. The number of benzene rings is 1. The van der Waals surface area contributed by atoms with Gasteiger partial charge in [-0.05, 0) is 30.3 Å². The van der Waals surface area contributed by atoms with Gasteiger partial charge >= 0.3 is 12.4 Å². The number of rotatable bonds is 4. The second-order valence-electron chi connectivity index (χ2n) is 5.50. The molecule has 0 bridgehead atoms. The number of carbonyl (C=O) groups excluding carboxylic acids is 1. The summed E-state index contributed by atoms with van der Waals surface area (Å²) < 4.78 is 43.7. The fourth-order valence-corrected chi connectivity index (χ4v) is 2.28. The lowest BCUT2D eigenvalue weighted by atomic mass is 10.1. The van der Waals surface area contributed by atoms with Crippen LogP contribution >= 0.6 is 0 Å². The first-order valence-electron chi connectivity index (χ1n) is 7.66. The molecule has 0 aliphatic carbocycles. The summed E-state index contributed by atoms with van der Waals surface area (Å²) in [4.78, 5) is 20.1. The van der Waals surface area contributed by atoms with Gasteiger partial charge in [-0.2, -0.15) is 0 Å². The minimum atomic E-state index is -4.90. The number of alkyl halides is 3. The molecular formula is C17H14F3N5O2. The van der Waals surface area contributed by atoms with Crippen LogP contribution in [0.3, 0.4) is 0 Å². The Labute approximate surface area is 151 Å². The summed E-state index contributed by atoms with van der Waals surface area (Å²) >= 11 is 0. The summed E-state index contributed by atoms with van der Waals surface area (Å²) in [5.74, 6) is -0.535. The lowest BCUT2D eigenvalue weighted by Gasteiger charge is -2.15. The second-order valence-corrected chi connectivity index (χ2v) is 5.50. The molecule has 3 aromatic rings. The van der Waals surface area contributed by atoms with Crippen molar-refractivity contribution in [1.82, 2.24) is 14.5 Å². The van der Waals surface area contributed by atoms with Crippen molar-refractivity contribution in [3.05, 3.63) is 55.2 Å². The van der Waals surface area contributed by atoms with E-state index >= 15 is 0 Å². The topological polar surface area (TPSA) is 81.1 Å². The number of amides is 2. The normalized spacial score (nSPS) is 11.1. The van der Waals surface area contributed by atoms with E-state index in [9.17, 15) is 18.0 Å². The Kier molecular flexibility index (Phi) is 4.97. The predicted molar refractivity (Wildman–Crippen MR) is 92.2 cm³/mol. The van der Waals surface area contributed by atoms with E-state index in [1.54, 1.807) is 24.1 Å². The maximum absolute atomic E-state index is 12.7. The quantitative estimate of drug-likeness (QED) is 0.720. The zero-order valence-electron chi connectivity index (χ0n) is 14.0. The van der Waals surface area contributed by atoms with Crippen molar-refractivity contribution in [2.45, 2.75) is 6.36 Å². The van der Waals surface area contributed by atoms with Crippen LogP contribution < -0.4 is 15.4 Å². The van der Waals surface area contributed by atoms with Gasteiger partial charge in [-0.25, -0.2) is 9.78 Å². The number of hydrogen-bond donors (Lipinski definition) is 2. The van der Waals surface area contributed by atoms with Crippen LogP contribution in [0.4, 0.5) is 29.3 Å². The smallest absolute Gasteiger partial charge is 0.404 e. The van der Waals surface area contributed by atoms with E-state index in [0.29, 0.717) is 16.9 Å². The van der Waals surface area contributed by atoms with Crippen LogP contribution in [-0.2, 0) is 7.05 Å². The zero-order valence-corrected chi connectivity index (χ0v) is 14.0. The average Bonchev–Trinajstić information content (AvgIpc) is 3.02. The zero-order chi connectivity index (χ0) is 19.4. The molecule has 1 aromatic carbocycles. The molecule has 0 saturated carbocycles. The van der Waals surface area contributed by atoms with Crippen molar-refractivity contribution in [3.63, 3.8) is 0 Å². The molecule has 0 saturated heterocycles. The Hall–Kier alpha value is -3.56. The number of nitrogens with one attached hydrogen (secondary N) is 2. The van der Waals surface area contributed by atoms with Crippen molar-refractivity contribution in [2.24, 2.45) is 7.05 Å². The van der Waals surface area contributed by atoms with Crippen molar-refractivity contribution >= 4 is 17.4 Å². The summed E-state index contributed by atoms with van der Waals surface area (Å²) in [6.07, 6.45) is 1.29. The monoisotopic (exact) mass is 377 g/mol. The van der Waals surface area contributed by atoms with Crippen molar-refractivity contribution in [2.75, 3.05) is 10.6 Å². The van der Waals surface area contributed by atoms with Crippen LogP contribution in [0.15, 0.2) is 55.2 Å². The minimum absolute atomic E-state index is 0.151. The number of aromatic nitrogens is 3. The van der Waals surface area contributed by atoms with Crippen molar-refractivity contribution in [1.29, 1.82) is 0 Å². The number of halogens is 3. The third kappa shape index (κ3) is 4.97. The van der Waals surface area contributed by atoms with Gasteiger partial charge in [0.05, 0.1) is 17.7 Å². The second kappa shape index (κ2) is 7.36. The summed E-state index contributed by atoms with van der Waals surface area (Å²) in [5, 5.41) is 4.87. The van der Waals surface area contributed by atoms with E-state index in [4.69, 9.17) is 0 Å². The van der Waals surface area contributed by atoms with Gasteiger partial charge in [0.2, 0.25) is 0 Å². The van der Waals surface area contributed by atoms with Crippen LogP contribution in [0, 0.1) is 0 Å². The van der Waals surface area contributed by atoms with E-state index in [0.717, 1.165) is 6.07 Å². The molecule has 27 heavy (non-hydrogen) atoms. The van der Waals surface area contributed by atoms with Crippen LogP contribution in [0.1, 0.15) is 0 Å². The average molecular weight is 377 g/mol. The van der Waals surface area contributed by atoms with Gasteiger partial charge in [0.15, 0.2) is 5.75 Å². The number of nitrogens with zero attached hydrogens (tertiary/aromatic N) is 3. The Morgan fingerprint density at radius 3 is 2.52 bits per heavy atom. The Balaban J connectivity index is 1.88. The molecule has 0 spiro atoms. The molecule has 0 atom stereocenters. The van der Waals surface area contributed by atoms with E-state index in [2.05, 4.69) is 25.3 Å². The lowest BCUT2D eigenvalue weighted by molar-refractivity contribution is -0.274. The molecule has 140 valence electrons. The third-order valence-corrected chi connectivity index (χ3v) is 3.39. The summed E-state index contributed by atoms with van der Waals surface area (Å²) in [6, 6.07) is 6.25. The van der Waals surface area contributed by atoms with Gasteiger partial charge in [0, 0.05) is 36.9 Å². The highest BCUT2D eigenvalue weighted by molar-refractivity contribution is 6.01. The number of anilines is 2. The maximum atomic E-state index is 12.7. The first-order valence-corrected chi connectivity index (χ1v) is 7.66. The fourth-order valence-electron chi connectivity index (χ4n) is 2.28. The molecule has 0 aliphatic heterocycles. The highest BCUT2D eigenvalue weighted by Crippen LogP contribution is 2.34. The van der Waals surface area contributed by atoms with Crippen LogP contribution in [0.25, 0.3) is 11.3 Å². The highest BCUT2D eigenvalue weighted by atomic mass is 19.4. The number of imidazole rings is 1. The minimum Gasteiger partial charge on any atom is -0.404 e. The highest BCUT2D eigenvalue weighted by Gasteiger charge is 2.32. The number of urea groups is 1. The number of carbonyl (C=O) groups is 1. The van der Waals surface area contributed by atoms with Crippen LogP contribution in [0.5, 0.6) is 5.75 Å². The lowest BCUT2D eigenvalue weighted by Crippen LogP contribution is -2.22. The van der Waals surface area contributed by atoms with E-state index in [-0.39, 0.29) is 5.69 Å². The van der Waals surface area contributed by atoms with Gasteiger partial charge in [-0.1, -0.05) is 0 Å². The van der Waals surface area contributed by atoms with E-state index in [1.807, 2.05) is 0 Å². The Morgan fingerprint density at radius 2 is 1.89 bits per heavy atom. The SMILES string of the molecule is Cn1cnc(-c2ccc(OC(F)(F)F)c(NC(=O)Nc3ccncc3)c2)c1. The van der Waals surface area contributed by atoms with Gasteiger partial charge in [0.1, 0.15) is 0 Å². The molecule has 2 aromatic heterocycles. The fraction of sp³-hybridized carbons (Fsp3) is 0.118. The van der Waals surface area contributed by atoms with Gasteiger partial charge in [-0.3, -0.25) is 4.98 Å². The first kappa shape index (κ1) is 18.2. The number of aryl methyl sites for hydroxylation is 1. The predicted octanol–water partition coefficient (Wildman–Crippen LogP) is 4.02. The van der Waals surface area contributed by atoms with Gasteiger partial charge in [-0.15, -0.1) is 13.2 Å². The van der Waals surface area contributed by atoms with Crippen molar-refractivity contribution < 1.29 is 22.7 Å². The van der Waals surface area contributed by atoms with Gasteiger partial charge < -0.3 is 19.9 Å². The van der Waals surface area contributed by atoms with E-state index < -0.39 is 18.1 Å². The Bertz CT molecular complexity index is 941. The molecular weight excluding hydrogens is 363 g/mol. The largest absolute Gasteiger partial charge is 0.573 e. The molecule has 0 fully saturated rings. The summed E-state index contributed by atoms with van der Waals surface area (Å²) in [7, 11) is 1.76. The summed E-state index contributed by atoms with van der Waals surface area (Å²) in [5.41, 5.74) is 1.33. The molecule has 0 aliphatic rings. The summed E-state index contributed by atoms with van der Waals surface area (Å²) in [6.45, 7) is 0. The molecule has 2 N–H and O–H groups in total.